The van der Waals surface area contributed by atoms with E-state index < -0.39 is 12.6 Å². The average molecular weight is 363 g/mol. The van der Waals surface area contributed by atoms with Crippen LogP contribution in [0.25, 0.3) is 11.0 Å². The summed E-state index contributed by atoms with van der Waals surface area (Å²) in [6.07, 6.45) is 0.773. The van der Waals surface area contributed by atoms with Gasteiger partial charge in [-0.15, -0.1) is 0 Å². The zero-order chi connectivity index (χ0) is 19.0. The summed E-state index contributed by atoms with van der Waals surface area (Å²) >= 11 is 0. The number of carbonyl (C=O) groups is 2. The number of amides is 1. The van der Waals surface area contributed by atoms with Gasteiger partial charge in [-0.2, -0.15) is 0 Å². The minimum atomic E-state index is -0.838. The fourth-order valence-corrected chi connectivity index (χ4v) is 3.24. The van der Waals surface area contributed by atoms with Crippen molar-refractivity contribution in [2.45, 2.75) is 13.3 Å². The fraction of sp³-hybridized carbons (Fsp3) is 0.190. The van der Waals surface area contributed by atoms with Crippen LogP contribution < -0.4 is 10.3 Å². The van der Waals surface area contributed by atoms with Crippen molar-refractivity contribution in [3.8, 4) is 0 Å². The van der Waals surface area contributed by atoms with E-state index in [0.717, 1.165) is 29.3 Å². The van der Waals surface area contributed by atoms with Gasteiger partial charge in [-0.3, -0.25) is 9.59 Å². The summed E-state index contributed by atoms with van der Waals surface area (Å²) in [5, 5.41) is 0.399. The number of aryl methyl sites for hydroxylation is 1. The van der Waals surface area contributed by atoms with Gasteiger partial charge >= 0.3 is 5.97 Å². The molecule has 0 saturated heterocycles. The predicted molar refractivity (Wildman–Crippen MR) is 100 cm³/mol. The number of benzene rings is 2. The largest absolute Gasteiger partial charge is 0.450 e. The molecule has 0 N–H and O–H groups in total. The number of rotatable bonds is 3. The SMILES string of the molecule is Cc1ccc2oc(C(=O)OCC(=O)N3CCc4ccccc43)cc(=O)c2c1. The van der Waals surface area contributed by atoms with Crippen LogP contribution in [0.15, 0.2) is 57.7 Å². The van der Waals surface area contributed by atoms with E-state index in [1.54, 1.807) is 23.1 Å². The van der Waals surface area contributed by atoms with Crippen molar-refractivity contribution in [3.05, 3.63) is 75.6 Å². The van der Waals surface area contributed by atoms with Crippen LogP contribution in [0.3, 0.4) is 0 Å². The van der Waals surface area contributed by atoms with Crippen molar-refractivity contribution in [2.75, 3.05) is 18.1 Å². The quantitative estimate of drug-likeness (QED) is 0.669. The Bertz CT molecular complexity index is 1120. The van der Waals surface area contributed by atoms with E-state index >= 15 is 0 Å². The molecule has 6 heteroatoms. The molecule has 1 aliphatic heterocycles. The lowest BCUT2D eigenvalue weighted by Crippen LogP contribution is -2.33. The highest BCUT2D eigenvalue weighted by Crippen LogP contribution is 2.27. The first-order valence-corrected chi connectivity index (χ1v) is 8.63. The maximum absolute atomic E-state index is 12.4. The van der Waals surface area contributed by atoms with Crippen molar-refractivity contribution >= 4 is 28.5 Å². The summed E-state index contributed by atoms with van der Waals surface area (Å²) in [6, 6.07) is 13.8. The third-order valence-electron chi connectivity index (χ3n) is 4.60. The van der Waals surface area contributed by atoms with Crippen molar-refractivity contribution in [3.63, 3.8) is 0 Å². The van der Waals surface area contributed by atoms with Crippen LogP contribution in [0, 0.1) is 6.92 Å². The lowest BCUT2D eigenvalue weighted by atomic mass is 10.1. The third-order valence-corrected chi connectivity index (χ3v) is 4.60. The van der Waals surface area contributed by atoms with Crippen molar-refractivity contribution in [1.29, 1.82) is 0 Å². The lowest BCUT2D eigenvalue weighted by molar-refractivity contribution is -0.121. The average Bonchev–Trinajstić information content (AvgIpc) is 3.10. The van der Waals surface area contributed by atoms with E-state index in [1.165, 1.54) is 0 Å². The Hall–Kier alpha value is -3.41. The van der Waals surface area contributed by atoms with Crippen molar-refractivity contribution < 1.29 is 18.7 Å². The first-order chi connectivity index (χ1) is 13.0. The van der Waals surface area contributed by atoms with Crippen LogP contribution in [0.1, 0.15) is 21.7 Å². The van der Waals surface area contributed by atoms with Gasteiger partial charge in [-0.25, -0.2) is 4.79 Å². The molecule has 1 amide bonds. The molecule has 0 bridgehead atoms. The normalized spacial score (nSPS) is 12.9. The summed E-state index contributed by atoms with van der Waals surface area (Å²) in [7, 11) is 0. The Morgan fingerprint density at radius 3 is 2.81 bits per heavy atom. The van der Waals surface area contributed by atoms with Gasteiger partial charge in [0.25, 0.3) is 5.91 Å². The molecule has 27 heavy (non-hydrogen) atoms. The molecule has 136 valence electrons. The fourth-order valence-electron chi connectivity index (χ4n) is 3.24. The lowest BCUT2D eigenvalue weighted by Gasteiger charge is -2.17. The molecule has 0 unspecified atom stereocenters. The Labute approximate surface area is 155 Å². The molecule has 1 aliphatic rings. The molecule has 2 aromatic carbocycles. The topological polar surface area (TPSA) is 76.8 Å². The molecule has 6 nitrogen and oxygen atoms in total. The van der Waals surface area contributed by atoms with Gasteiger partial charge in [0, 0.05) is 18.3 Å². The van der Waals surface area contributed by atoms with Gasteiger partial charge < -0.3 is 14.1 Å². The molecule has 0 radical (unpaired) electrons. The highest BCUT2D eigenvalue weighted by molar-refractivity contribution is 5.98. The Balaban J connectivity index is 1.49. The number of anilines is 1. The predicted octanol–water partition coefficient (Wildman–Crippen LogP) is 2.85. The number of fused-ring (bicyclic) bond motifs is 2. The van der Waals surface area contributed by atoms with Crippen molar-refractivity contribution in [1.82, 2.24) is 0 Å². The molecule has 0 aliphatic carbocycles. The van der Waals surface area contributed by atoms with Crippen LogP contribution in [-0.4, -0.2) is 25.0 Å². The Morgan fingerprint density at radius 1 is 1.15 bits per heavy atom. The van der Waals surface area contributed by atoms with Crippen molar-refractivity contribution in [2.24, 2.45) is 0 Å². The zero-order valence-corrected chi connectivity index (χ0v) is 14.7. The standard InChI is InChI=1S/C21H17NO5/c1-13-6-7-18-15(10-13)17(23)11-19(27-18)21(25)26-12-20(24)22-9-8-14-4-2-3-5-16(14)22/h2-7,10-11H,8-9,12H2,1H3. The first kappa shape index (κ1) is 17.0. The maximum atomic E-state index is 12.4. The smallest absolute Gasteiger partial charge is 0.374 e. The summed E-state index contributed by atoms with van der Waals surface area (Å²) in [4.78, 5) is 38.5. The summed E-state index contributed by atoms with van der Waals surface area (Å²) in [5.41, 5.74) is 2.83. The number of esters is 1. The number of para-hydroxylation sites is 1. The number of hydrogen-bond acceptors (Lipinski definition) is 5. The molecule has 1 aromatic heterocycles. The van der Waals surface area contributed by atoms with Crippen LogP contribution >= 0.6 is 0 Å². The highest BCUT2D eigenvalue weighted by atomic mass is 16.5. The number of nitrogens with zero attached hydrogens (tertiary/aromatic N) is 1. The molecule has 0 fully saturated rings. The number of hydrogen-bond donors (Lipinski definition) is 0. The zero-order valence-electron chi connectivity index (χ0n) is 14.7. The van der Waals surface area contributed by atoms with Crippen LogP contribution in [0.2, 0.25) is 0 Å². The molecule has 0 saturated carbocycles. The van der Waals surface area contributed by atoms with E-state index in [0.29, 0.717) is 17.5 Å². The molecule has 0 atom stereocenters. The van der Waals surface area contributed by atoms with Gasteiger partial charge in [-0.05, 0) is 37.1 Å². The molecule has 3 aromatic rings. The molecular formula is C21H17NO5. The molecule has 0 spiro atoms. The van der Waals surface area contributed by atoms with Gasteiger partial charge in [0.05, 0.1) is 5.39 Å². The molecule has 2 heterocycles. The van der Waals surface area contributed by atoms with Gasteiger partial charge in [-0.1, -0.05) is 29.8 Å². The second-order valence-electron chi connectivity index (χ2n) is 6.47. The van der Waals surface area contributed by atoms with Crippen LogP contribution in [0.5, 0.6) is 0 Å². The summed E-state index contributed by atoms with van der Waals surface area (Å²) < 4.78 is 10.6. The first-order valence-electron chi connectivity index (χ1n) is 8.63. The molecular weight excluding hydrogens is 346 g/mol. The van der Waals surface area contributed by atoms with Gasteiger partial charge in [0.2, 0.25) is 5.76 Å². The number of carbonyl (C=O) groups excluding carboxylic acids is 2. The van der Waals surface area contributed by atoms with Gasteiger partial charge in [0.1, 0.15) is 5.58 Å². The maximum Gasteiger partial charge on any atom is 0.374 e. The minimum Gasteiger partial charge on any atom is -0.450 e. The summed E-state index contributed by atoms with van der Waals surface area (Å²) in [6.45, 7) is 2.01. The van der Waals surface area contributed by atoms with Gasteiger partial charge in [0.15, 0.2) is 12.0 Å². The summed E-state index contributed by atoms with van der Waals surface area (Å²) in [5.74, 6) is -1.37. The molecule has 4 rings (SSSR count). The monoisotopic (exact) mass is 363 g/mol. The van der Waals surface area contributed by atoms with E-state index in [-0.39, 0.29) is 17.1 Å². The highest BCUT2D eigenvalue weighted by Gasteiger charge is 2.25. The van der Waals surface area contributed by atoms with E-state index in [4.69, 9.17) is 9.15 Å². The van der Waals surface area contributed by atoms with E-state index in [9.17, 15) is 14.4 Å². The Kier molecular flexibility index (Phi) is 4.24. The Morgan fingerprint density at radius 2 is 1.96 bits per heavy atom. The second kappa shape index (κ2) is 6.72. The minimum absolute atomic E-state index is 0.217. The van der Waals surface area contributed by atoms with E-state index in [2.05, 4.69) is 0 Å². The second-order valence-corrected chi connectivity index (χ2v) is 6.47. The van der Waals surface area contributed by atoms with E-state index in [1.807, 2.05) is 31.2 Å². The number of ether oxygens (including phenoxy) is 1. The van der Waals surface area contributed by atoms with Crippen LogP contribution in [0.4, 0.5) is 5.69 Å². The third kappa shape index (κ3) is 3.21. The van der Waals surface area contributed by atoms with Crippen LogP contribution in [-0.2, 0) is 16.0 Å².